The highest BCUT2D eigenvalue weighted by molar-refractivity contribution is 5.87. The van der Waals surface area contributed by atoms with Crippen molar-refractivity contribution in [2.45, 2.75) is 13.8 Å². The monoisotopic (exact) mass is 297 g/mol. The minimum Gasteiger partial charge on any atom is -0.426 e. The first-order chi connectivity index (χ1) is 10.6. The maximum Gasteiger partial charge on any atom is 0.308 e. The third-order valence-corrected chi connectivity index (χ3v) is 2.63. The summed E-state index contributed by atoms with van der Waals surface area (Å²) >= 11 is 0. The summed E-state index contributed by atoms with van der Waals surface area (Å²) in [4.78, 5) is 26.5. The van der Waals surface area contributed by atoms with Gasteiger partial charge < -0.3 is 9.47 Å². The number of hydrogen-bond donors (Lipinski definition) is 0. The Bertz CT molecular complexity index is 661. The third kappa shape index (κ3) is 4.28. The highest BCUT2D eigenvalue weighted by Crippen LogP contribution is 2.27. The van der Waals surface area contributed by atoms with Gasteiger partial charge in [-0.3, -0.25) is 14.6 Å². The van der Waals surface area contributed by atoms with Gasteiger partial charge in [-0.25, -0.2) is 0 Å². The van der Waals surface area contributed by atoms with E-state index < -0.39 is 11.9 Å². The predicted octanol–water partition coefficient (Wildman–Crippen LogP) is 3.29. The molecular weight excluding hydrogens is 282 g/mol. The molecule has 0 fully saturated rings. The summed E-state index contributed by atoms with van der Waals surface area (Å²) in [6.07, 6.45) is 1.56. The molecule has 0 heterocycles. The summed E-state index contributed by atoms with van der Waals surface area (Å²) in [5.74, 6) is -0.0240. The first kappa shape index (κ1) is 15.4. The van der Waals surface area contributed by atoms with E-state index >= 15 is 0 Å². The lowest BCUT2D eigenvalue weighted by Gasteiger charge is -2.06. The number of carbonyl (C=O) groups is 2. The SMILES string of the molecule is CC(=O)Oc1ccccc1C=Nc1ccccc1OC(C)=O. The van der Waals surface area contributed by atoms with E-state index in [4.69, 9.17) is 9.47 Å². The third-order valence-electron chi connectivity index (χ3n) is 2.63. The lowest BCUT2D eigenvalue weighted by Crippen LogP contribution is -2.03. The fourth-order valence-corrected chi connectivity index (χ4v) is 1.78. The summed E-state index contributed by atoms with van der Waals surface area (Å²) in [6, 6.07) is 14.0. The number of rotatable bonds is 4. The van der Waals surface area contributed by atoms with Gasteiger partial charge in [0.15, 0.2) is 5.75 Å². The molecule has 0 amide bonds. The molecule has 0 N–H and O–H groups in total. The van der Waals surface area contributed by atoms with Crippen molar-refractivity contribution in [1.29, 1.82) is 0 Å². The molecule has 5 nitrogen and oxygen atoms in total. The van der Waals surface area contributed by atoms with Crippen LogP contribution in [-0.4, -0.2) is 18.2 Å². The minimum absolute atomic E-state index is 0.371. The van der Waals surface area contributed by atoms with Crippen molar-refractivity contribution in [3.8, 4) is 11.5 Å². The molecule has 0 radical (unpaired) electrons. The molecular formula is C17H15NO4. The first-order valence-corrected chi connectivity index (χ1v) is 6.65. The largest absolute Gasteiger partial charge is 0.426 e. The molecule has 22 heavy (non-hydrogen) atoms. The lowest BCUT2D eigenvalue weighted by atomic mass is 10.2. The molecule has 0 aromatic heterocycles. The number of esters is 2. The van der Waals surface area contributed by atoms with E-state index in [9.17, 15) is 9.59 Å². The Balaban J connectivity index is 2.29. The number of benzene rings is 2. The van der Waals surface area contributed by atoms with Crippen LogP contribution >= 0.6 is 0 Å². The molecule has 0 spiro atoms. The summed E-state index contributed by atoms with van der Waals surface area (Å²) < 4.78 is 10.2. The fraction of sp³-hybridized carbons (Fsp3) is 0.118. The molecule has 0 aliphatic rings. The fourth-order valence-electron chi connectivity index (χ4n) is 1.78. The quantitative estimate of drug-likeness (QED) is 0.493. The second-order valence-corrected chi connectivity index (χ2v) is 4.45. The van der Waals surface area contributed by atoms with E-state index in [2.05, 4.69) is 4.99 Å². The number of carbonyl (C=O) groups excluding carboxylic acids is 2. The van der Waals surface area contributed by atoms with Gasteiger partial charge in [-0.15, -0.1) is 0 Å². The molecule has 5 heteroatoms. The zero-order valence-electron chi connectivity index (χ0n) is 12.3. The summed E-state index contributed by atoms with van der Waals surface area (Å²) in [5.41, 5.74) is 1.16. The summed E-state index contributed by atoms with van der Waals surface area (Å²) in [7, 11) is 0. The maximum atomic E-state index is 11.1. The van der Waals surface area contributed by atoms with Crippen LogP contribution in [-0.2, 0) is 9.59 Å². The molecule has 2 aromatic carbocycles. The van der Waals surface area contributed by atoms with Crippen LogP contribution in [0.25, 0.3) is 0 Å². The Labute approximate surface area is 128 Å². The molecule has 0 atom stereocenters. The lowest BCUT2D eigenvalue weighted by molar-refractivity contribution is -0.132. The second kappa shape index (κ2) is 7.17. The van der Waals surface area contributed by atoms with Crippen LogP contribution in [0.2, 0.25) is 0 Å². The Morgan fingerprint density at radius 1 is 0.864 bits per heavy atom. The highest BCUT2D eigenvalue weighted by Gasteiger charge is 2.06. The number of ether oxygens (including phenoxy) is 2. The smallest absolute Gasteiger partial charge is 0.308 e. The topological polar surface area (TPSA) is 65.0 Å². The number of hydrogen-bond acceptors (Lipinski definition) is 5. The van der Waals surface area contributed by atoms with Crippen LogP contribution in [0.1, 0.15) is 19.4 Å². The van der Waals surface area contributed by atoms with E-state index in [0.29, 0.717) is 22.7 Å². The van der Waals surface area contributed by atoms with Gasteiger partial charge in [-0.1, -0.05) is 24.3 Å². The average molecular weight is 297 g/mol. The molecule has 2 aromatic rings. The van der Waals surface area contributed by atoms with E-state index in [1.54, 1.807) is 48.7 Å². The van der Waals surface area contributed by atoms with E-state index in [1.165, 1.54) is 13.8 Å². The average Bonchev–Trinajstić information content (AvgIpc) is 2.46. The van der Waals surface area contributed by atoms with Crippen molar-refractivity contribution in [2.75, 3.05) is 0 Å². The Morgan fingerprint density at radius 3 is 2.09 bits per heavy atom. The van der Waals surface area contributed by atoms with Gasteiger partial charge in [0.2, 0.25) is 0 Å². The van der Waals surface area contributed by atoms with Gasteiger partial charge in [0.25, 0.3) is 0 Å². The van der Waals surface area contributed by atoms with E-state index in [-0.39, 0.29) is 0 Å². The van der Waals surface area contributed by atoms with Gasteiger partial charge in [-0.2, -0.15) is 0 Å². The van der Waals surface area contributed by atoms with Crippen molar-refractivity contribution >= 4 is 23.8 Å². The summed E-state index contributed by atoms with van der Waals surface area (Å²) in [6.45, 7) is 2.67. The maximum absolute atomic E-state index is 11.1. The van der Waals surface area contributed by atoms with Crippen molar-refractivity contribution in [3.05, 3.63) is 54.1 Å². The molecule has 0 saturated carbocycles. The number of aliphatic imine (C=N–C) groups is 1. The van der Waals surface area contributed by atoms with Crippen molar-refractivity contribution in [3.63, 3.8) is 0 Å². The summed E-state index contributed by atoms with van der Waals surface area (Å²) in [5, 5.41) is 0. The van der Waals surface area contributed by atoms with Gasteiger partial charge in [0, 0.05) is 25.6 Å². The normalized spacial score (nSPS) is 10.5. The van der Waals surface area contributed by atoms with Crippen LogP contribution in [0, 0.1) is 0 Å². The Hall–Kier alpha value is -2.95. The number of nitrogens with zero attached hydrogens (tertiary/aromatic N) is 1. The van der Waals surface area contributed by atoms with Gasteiger partial charge in [0.1, 0.15) is 11.4 Å². The molecule has 112 valence electrons. The predicted molar refractivity (Wildman–Crippen MR) is 82.8 cm³/mol. The van der Waals surface area contributed by atoms with Gasteiger partial charge in [0.05, 0.1) is 0 Å². The van der Waals surface area contributed by atoms with Crippen molar-refractivity contribution in [1.82, 2.24) is 0 Å². The molecule has 0 saturated heterocycles. The van der Waals surface area contributed by atoms with Gasteiger partial charge in [-0.05, 0) is 24.3 Å². The van der Waals surface area contributed by atoms with E-state index in [1.807, 2.05) is 6.07 Å². The van der Waals surface area contributed by atoms with Crippen molar-refractivity contribution < 1.29 is 19.1 Å². The minimum atomic E-state index is -0.414. The number of para-hydroxylation sites is 3. The molecule has 0 bridgehead atoms. The van der Waals surface area contributed by atoms with Crippen LogP contribution in [0.3, 0.4) is 0 Å². The van der Waals surface area contributed by atoms with Crippen LogP contribution in [0.5, 0.6) is 11.5 Å². The zero-order chi connectivity index (χ0) is 15.9. The molecule has 0 aliphatic carbocycles. The zero-order valence-corrected chi connectivity index (χ0v) is 12.3. The Kier molecular flexibility index (Phi) is 5.03. The van der Waals surface area contributed by atoms with Gasteiger partial charge >= 0.3 is 11.9 Å². The Morgan fingerprint density at radius 2 is 1.41 bits per heavy atom. The molecule has 0 unspecified atom stereocenters. The second-order valence-electron chi connectivity index (χ2n) is 4.45. The van der Waals surface area contributed by atoms with Crippen LogP contribution in [0.4, 0.5) is 5.69 Å². The standard InChI is InChI=1S/C17H15NO4/c1-12(19)21-16-9-5-3-7-14(16)11-18-15-8-4-6-10-17(15)22-13(2)20/h3-11H,1-2H3. The first-order valence-electron chi connectivity index (χ1n) is 6.65. The molecule has 2 rings (SSSR count). The van der Waals surface area contributed by atoms with Crippen molar-refractivity contribution in [2.24, 2.45) is 4.99 Å². The highest BCUT2D eigenvalue weighted by atomic mass is 16.5. The van der Waals surface area contributed by atoms with Crippen LogP contribution < -0.4 is 9.47 Å². The molecule has 0 aliphatic heterocycles. The van der Waals surface area contributed by atoms with E-state index in [0.717, 1.165) is 0 Å². The van der Waals surface area contributed by atoms with Crippen LogP contribution in [0.15, 0.2) is 53.5 Å².